The minimum absolute atomic E-state index is 0.242. The molecule has 1 heterocycles. The fraction of sp³-hybridized carbons (Fsp3) is 0.333. The monoisotopic (exact) mass is 288 g/mol. The lowest BCUT2D eigenvalue weighted by Gasteiger charge is -2.10. The van der Waals surface area contributed by atoms with E-state index in [-0.39, 0.29) is 5.91 Å². The second-order valence-corrected chi connectivity index (χ2v) is 4.68. The molecule has 0 atom stereocenters. The summed E-state index contributed by atoms with van der Waals surface area (Å²) < 4.78 is 6.78. The van der Waals surface area contributed by atoms with Gasteiger partial charge < -0.3 is 15.8 Å². The van der Waals surface area contributed by atoms with E-state index >= 15 is 0 Å². The van der Waals surface area contributed by atoms with Crippen molar-refractivity contribution in [1.29, 1.82) is 0 Å². The summed E-state index contributed by atoms with van der Waals surface area (Å²) >= 11 is 0. The second-order valence-electron chi connectivity index (χ2n) is 4.68. The van der Waals surface area contributed by atoms with E-state index in [0.29, 0.717) is 24.3 Å². The Morgan fingerprint density at radius 1 is 1.43 bits per heavy atom. The Labute approximate surface area is 123 Å². The molecule has 0 fully saturated rings. The van der Waals surface area contributed by atoms with Gasteiger partial charge in [-0.1, -0.05) is 25.1 Å². The van der Waals surface area contributed by atoms with Gasteiger partial charge in [0, 0.05) is 19.2 Å². The van der Waals surface area contributed by atoms with Crippen molar-refractivity contribution >= 4 is 11.6 Å². The van der Waals surface area contributed by atoms with Crippen molar-refractivity contribution in [1.82, 2.24) is 15.1 Å². The summed E-state index contributed by atoms with van der Waals surface area (Å²) in [6, 6.07) is 7.55. The molecular formula is C15H20N4O2. The van der Waals surface area contributed by atoms with Gasteiger partial charge in [-0.05, 0) is 12.5 Å². The van der Waals surface area contributed by atoms with E-state index in [0.717, 1.165) is 17.0 Å². The maximum atomic E-state index is 12.3. The number of ether oxygens (including phenoxy) is 1. The normalized spacial score (nSPS) is 10.4. The van der Waals surface area contributed by atoms with Crippen LogP contribution in [0.2, 0.25) is 0 Å². The van der Waals surface area contributed by atoms with Crippen molar-refractivity contribution < 1.29 is 9.53 Å². The van der Waals surface area contributed by atoms with Crippen molar-refractivity contribution in [3.63, 3.8) is 0 Å². The molecule has 0 bridgehead atoms. The summed E-state index contributed by atoms with van der Waals surface area (Å²) in [7, 11) is 3.32. The van der Waals surface area contributed by atoms with Gasteiger partial charge in [0.1, 0.15) is 11.4 Å². The number of hydrogen-bond acceptors (Lipinski definition) is 4. The predicted molar refractivity (Wildman–Crippen MR) is 81.2 cm³/mol. The Balaban J connectivity index is 2.14. The van der Waals surface area contributed by atoms with Crippen LogP contribution in [0.3, 0.4) is 0 Å². The lowest BCUT2D eigenvalue weighted by atomic mass is 10.2. The van der Waals surface area contributed by atoms with E-state index in [1.807, 2.05) is 31.2 Å². The van der Waals surface area contributed by atoms with Gasteiger partial charge in [-0.2, -0.15) is 5.10 Å². The fourth-order valence-corrected chi connectivity index (χ4v) is 2.23. The number of anilines is 1. The molecule has 0 aliphatic carbocycles. The third-order valence-corrected chi connectivity index (χ3v) is 3.34. The van der Waals surface area contributed by atoms with E-state index < -0.39 is 0 Å². The van der Waals surface area contributed by atoms with Gasteiger partial charge in [-0.25, -0.2) is 0 Å². The number of carbonyl (C=O) groups is 1. The third-order valence-electron chi connectivity index (χ3n) is 3.34. The first kappa shape index (κ1) is 14.9. The zero-order valence-corrected chi connectivity index (χ0v) is 12.5. The highest BCUT2D eigenvalue weighted by molar-refractivity contribution is 5.97. The molecule has 1 amide bonds. The van der Waals surface area contributed by atoms with Crippen molar-refractivity contribution in [2.75, 3.05) is 12.8 Å². The molecule has 6 nitrogen and oxygen atoms in total. The number of benzene rings is 1. The smallest absolute Gasteiger partial charge is 0.271 e. The van der Waals surface area contributed by atoms with Gasteiger partial charge in [0.15, 0.2) is 0 Å². The van der Waals surface area contributed by atoms with Crippen LogP contribution in [0.5, 0.6) is 5.75 Å². The molecule has 0 saturated heterocycles. The fourth-order valence-electron chi connectivity index (χ4n) is 2.23. The minimum Gasteiger partial charge on any atom is -0.496 e. The number of aromatic nitrogens is 2. The highest BCUT2D eigenvalue weighted by atomic mass is 16.5. The lowest BCUT2D eigenvalue weighted by Crippen LogP contribution is -2.26. The molecule has 3 N–H and O–H groups in total. The topological polar surface area (TPSA) is 82.2 Å². The maximum absolute atomic E-state index is 12.3. The molecule has 1 aromatic heterocycles. The van der Waals surface area contributed by atoms with Gasteiger partial charge in [-0.3, -0.25) is 9.48 Å². The summed E-state index contributed by atoms with van der Waals surface area (Å²) in [4.78, 5) is 12.3. The Bertz CT molecular complexity index is 649. The second kappa shape index (κ2) is 6.30. The maximum Gasteiger partial charge on any atom is 0.271 e. The van der Waals surface area contributed by atoms with Crippen LogP contribution in [0, 0.1) is 0 Å². The van der Waals surface area contributed by atoms with Gasteiger partial charge in [0.25, 0.3) is 5.91 Å². The molecule has 2 rings (SSSR count). The average Bonchev–Trinajstić information content (AvgIpc) is 2.79. The summed E-state index contributed by atoms with van der Waals surface area (Å²) in [5, 5.41) is 7.09. The van der Waals surface area contributed by atoms with Crippen molar-refractivity contribution in [3.8, 4) is 5.75 Å². The van der Waals surface area contributed by atoms with E-state index in [2.05, 4.69) is 10.4 Å². The number of nitrogens with zero attached hydrogens (tertiary/aromatic N) is 2. The van der Waals surface area contributed by atoms with Crippen LogP contribution in [-0.2, 0) is 20.0 Å². The largest absolute Gasteiger partial charge is 0.496 e. The summed E-state index contributed by atoms with van der Waals surface area (Å²) in [6.45, 7) is 2.32. The first-order valence-electron chi connectivity index (χ1n) is 6.79. The first-order chi connectivity index (χ1) is 10.1. The number of hydrogen-bond donors (Lipinski definition) is 2. The summed E-state index contributed by atoms with van der Waals surface area (Å²) in [6.07, 6.45) is 0.694. The van der Waals surface area contributed by atoms with Crippen molar-refractivity contribution in [3.05, 3.63) is 41.2 Å². The third kappa shape index (κ3) is 2.99. The summed E-state index contributed by atoms with van der Waals surface area (Å²) in [5.41, 5.74) is 8.45. The van der Waals surface area contributed by atoms with Crippen LogP contribution in [0.1, 0.15) is 28.7 Å². The van der Waals surface area contributed by atoms with Gasteiger partial charge in [0.05, 0.1) is 18.5 Å². The standard InChI is InChI=1S/C15H20N4O2/c1-4-11-13(16)14(19(2)18-11)15(20)17-9-10-7-5-6-8-12(10)21-3/h5-8H,4,9,16H2,1-3H3,(H,17,20). The van der Waals surface area contributed by atoms with Gasteiger partial charge in [-0.15, -0.1) is 0 Å². The predicted octanol–water partition coefficient (Wildman–Crippen LogP) is 1.50. The number of nitrogens with two attached hydrogens (primary N) is 1. The number of methoxy groups -OCH3 is 1. The molecule has 0 aliphatic rings. The van der Waals surface area contributed by atoms with Crippen LogP contribution in [0.4, 0.5) is 5.69 Å². The molecule has 6 heteroatoms. The molecule has 0 saturated carbocycles. The number of nitrogen functional groups attached to an aromatic ring is 1. The van der Waals surface area contributed by atoms with E-state index in [4.69, 9.17) is 10.5 Å². The van der Waals surface area contributed by atoms with E-state index in [1.54, 1.807) is 14.2 Å². The number of nitrogens with one attached hydrogen (secondary N) is 1. The van der Waals surface area contributed by atoms with Crippen LogP contribution < -0.4 is 15.8 Å². The first-order valence-corrected chi connectivity index (χ1v) is 6.79. The highest BCUT2D eigenvalue weighted by Crippen LogP contribution is 2.19. The van der Waals surface area contributed by atoms with Crippen LogP contribution in [-0.4, -0.2) is 22.8 Å². The van der Waals surface area contributed by atoms with Crippen LogP contribution >= 0.6 is 0 Å². The number of aryl methyl sites for hydroxylation is 2. The quantitative estimate of drug-likeness (QED) is 0.873. The SMILES string of the molecule is CCc1nn(C)c(C(=O)NCc2ccccc2OC)c1N. The van der Waals surface area contributed by atoms with Crippen LogP contribution in [0.15, 0.2) is 24.3 Å². The molecular weight excluding hydrogens is 268 g/mol. The minimum atomic E-state index is -0.242. The lowest BCUT2D eigenvalue weighted by molar-refractivity contribution is 0.0942. The molecule has 0 unspecified atom stereocenters. The number of carbonyl (C=O) groups excluding carboxylic acids is 1. The van der Waals surface area contributed by atoms with E-state index in [1.165, 1.54) is 4.68 Å². The highest BCUT2D eigenvalue weighted by Gasteiger charge is 2.19. The van der Waals surface area contributed by atoms with Crippen molar-refractivity contribution in [2.24, 2.45) is 7.05 Å². The molecule has 112 valence electrons. The number of para-hydroxylation sites is 1. The Hall–Kier alpha value is -2.50. The molecule has 0 aliphatic heterocycles. The molecule has 21 heavy (non-hydrogen) atoms. The molecule has 0 spiro atoms. The zero-order chi connectivity index (χ0) is 15.4. The van der Waals surface area contributed by atoms with Gasteiger partial charge in [0.2, 0.25) is 0 Å². The number of amides is 1. The van der Waals surface area contributed by atoms with Crippen molar-refractivity contribution in [2.45, 2.75) is 19.9 Å². The van der Waals surface area contributed by atoms with Gasteiger partial charge >= 0.3 is 0 Å². The molecule has 1 aromatic carbocycles. The average molecular weight is 288 g/mol. The Morgan fingerprint density at radius 3 is 2.76 bits per heavy atom. The van der Waals surface area contributed by atoms with Crippen LogP contribution in [0.25, 0.3) is 0 Å². The molecule has 0 radical (unpaired) electrons. The summed E-state index contributed by atoms with van der Waals surface area (Å²) in [5.74, 6) is 0.498. The Morgan fingerprint density at radius 2 is 2.14 bits per heavy atom. The zero-order valence-electron chi connectivity index (χ0n) is 12.5. The molecule has 2 aromatic rings. The number of rotatable bonds is 5. The Kier molecular flexibility index (Phi) is 4.47. The van der Waals surface area contributed by atoms with E-state index in [9.17, 15) is 4.79 Å².